The number of benzene rings is 2. The number of halogens is 1. The van der Waals surface area contributed by atoms with Crippen LogP contribution in [0.3, 0.4) is 0 Å². The third-order valence-electron chi connectivity index (χ3n) is 4.54. The first-order chi connectivity index (χ1) is 11.7. The van der Waals surface area contributed by atoms with E-state index >= 15 is 0 Å². The molecule has 0 aliphatic heterocycles. The van der Waals surface area contributed by atoms with Crippen LogP contribution in [-0.4, -0.2) is 19.7 Å². The molecule has 3 nitrogen and oxygen atoms in total. The van der Waals surface area contributed by atoms with Crippen molar-refractivity contribution in [3.63, 3.8) is 0 Å². The van der Waals surface area contributed by atoms with Crippen molar-refractivity contribution < 1.29 is 14.3 Å². The molecule has 126 valence electrons. The van der Waals surface area contributed by atoms with Gasteiger partial charge in [0.2, 0.25) is 0 Å². The molecule has 0 saturated heterocycles. The number of hydrogen-bond donors (Lipinski definition) is 0. The lowest BCUT2D eigenvalue weighted by Crippen LogP contribution is -2.37. The summed E-state index contributed by atoms with van der Waals surface area (Å²) in [5.74, 6) is 0. The van der Waals surface area contributed by atoms with Gasteiger partial charge in [0.15, 0.2) is 0 Å². The summed E-state index contributed by atoms with van der Waals surface area (Å²) in [5.41, 5.74) is 2.70. The topological polar surface area (TPSA) is 35.5 Å². The van der Waals surface area contributed by atoms with E-state index < -0.39 is 5.41 Å². The molecule has 2 aromatic rings. The molecular formula is C20H21ClO3. The highest BCUT2D eigenvalue weighted by molar-refractivity contribution is 6.30. The molecule has 2 aromatic carbocycles. The summed E-state index contributed by atoms with van der Waals surface area (Å²) in [6, 6.07) is 15.7. The summed E-state index contributed by atoms with van der Waals surface area (Å²) in [6.07, 6.45) is 3.73. The van der Waals surface area contributed by atoms with Gasteiger partial charge in [-0.2, -0.15) is 0 Å². The molecule has 0 fully saturated rings. The maximum absolute atomic E-state index is 11.9. The lowest BCUT2D eigenvalue weighted by Gasteiger charge is -2.34. The van der Waals surface area contributed by atoms with Crippen molar-refractivity contribution in [3.05, 3.63) is 70.2 Å². The minimum absolute atomic E-state index is 0.174. The zero-order valence-corrected chi connectivity index (χ0v) is 14.3. The van der Waals surface area contributed by atoms with Crippen LogP contribution < -0.4 is 0 Å². The molecule has 0 unspecified atom stereocenters. The summed E-state index contributed by atoms with van der Waals surface area (Å²) in [7, 11) is 0. The van der Waals surface area contributed by atoms with Gasteiger partial charge in [0, 0.05) is 5.02 Å². The van der Waals surface area contributed by atoms with Gasteiger partial charge in [0.05, 0.1) is 18.6 Å². The monoisotopic (exact) mass is 344 g/mol. The highest BCUT2D eigenvalue weighted by Crippen LogP contribution is 2.37. The van der Waals surface area contributed by atoms with Crippen LogP contribution in [0.1, 0.15) is 29.5 Å². The lowest BCUT2D eigenvalue weighted by molar-refractivity contribution is -0.120. The van der Waals surface area contributed by atoms with E-state index in [0.717, 1.165) is 42.2 Å². The van der Waals surface area contributed by atoms with Crippen LogP contribution in [0, 0.1) is 0 Å². The molecule has 1 atom stereocenters. The van der Waals surface area contributed by atoms with Crippen molar-refractivity contribution >= 4 is 17.9 Å². The van der Waals surface area contributed by atoms with Gasteiger partial charge in [0.25, 0.3) is 0 Å². The average molecular weight is 345 g/mol. The first-order valence-corrected chi connectivity index (χ1v) is 8.56. The van der Waals surface area contributed by atoms with Crippen LogP contribution in [-0.2, 0) is 32.7 Å². The molecule has 4 heteroatoms. The third kappa shape index (κ3) is 3.86. The molecule has 1 aliphatic rings. The highest BCUT2D eigenvalue weighted by Gasteiger charge is 2.36. The van der Waals surface area contributed by atoms with Crippen LogP contribution in [0.15, 0.2) is 48.5 Å². The van der Waals surface area contributed by atoms with Crippen molar-refractivity contribution in [2.24, 2.45) is 0 Å². The second-order valence-electron chi connectivity index (χ2n) is 6.23. The van der Waals surface area contributed by atoms with Gasteiger partial charge in [-0.1, -0.05) is 48.0 Å². The zero-order valence-electron chi connectivity index (χ0n) is 13.5. The average Bonchev–Trinajstić information content (AvgIpc) is 2.62. The van der Waals surface area contributed by atoms with Crippen molar-refractivity contribution in [2.45, 2.75) is 31.3 Å². The summed E-state index contributed by atoms with van der Waals surface area (Å²) in [4.78, 5) is 11.9. The number of carbonyl (C=O) groups is 1. The molecule has 1 aliphatic carbocycles. The Morgan fingerprint density at radius 2 is 1.96 bits per heavy atom. The van der Waals surface area contributed by atoms with Crippen LogP contribution in [0.25, 0.3) is 0 Å². The Morgan fingerprint density at radius 3 is 2.75 bits per heavy atom. The Balaban J connectivity index is 1.58. The Labute approximate surface area is 147 Å². The zero-order chi connectivity index (χ0) is 16.8. The smallest absolute Gasteiger partial charge is 0.147 e. The second-order valence-corrected chi connectivity index (χ2v) is 6.67. The fraction of sp³-hybridized carbons (Fsp3) is 0.350. The SMILES string of the molecule is O=C[C@]1(COCOCc2ccccc2)CCCc2cc(Cl)ccc21. The van der Waals surface area contributed by atoms with Crippen LogP contribution >= 0.6 is 11.6 Å². The molecule has 3 rings (SSSR count). The fourth-order valence-electron chi connectivity index (χ4n) is 3.31. The number of carbonyl (C=O) groups excluding carboxylic acids is 1. The molecule has 0 spiro atoms. The maximum atomic E-state index is 11.9. The third-order valence-corrected chi connectivity index (χ3v) is 4.77. The number of rotatable bonds is 7. The summed E-state index contributed by atoms with van der Waals surface area (Å²) < 4.78 is 11.2. The number of hydrogen-bond acceptors (Lipinski definition) is 3. The van der Waals surface area contributed by atoms with E-state index in [1.807, 2.05) is 48.5 Å². The van der Waals surface area contributed by atoms with Crippen molar-refractivity contribution in [1.29, 1.82) is 0 Å². The Morgan fingerprint density at radius 1 is 1.12 bits per heavy atom. The number of aryl methyl sites for hydroxylation is 1. The fourth-order valence-corrected chi connectivity index (χ4v) is 3.50. The molecule has 0 amide bonds. The molecule has 0 aromatic heterocycles. The molecule has 0 N–H and O–H groups in total. The Hall–Kier alpha value is -1.68. The van der Waals surface area contributed by atoms with Gasteiger partial charge in [0.1, 0.15) is 13.1 Å². The minimum Gasteiger partial charge on any atom is -0.354 e. The van der Waals surface area contributed by atoms with E-state index in [1.165, 1.54) is 0 Å². The summed E-state index contributed by atoms with van der Waals surface area (Å²) in [5, 5.41) is 0.711. The molecule has 24 heavy (non-hydrogen) atoms. The summed E-state index contributed by atoms with van der Waals surface area (Å²) in [6.45, 7) is 1.01. The molecule has 0 heterocycles. The van der Waals surface area contributed by atoms with Crippen molar-refractivity contribution in [3.8, 4) is 0 Å². The predicted octanol–water partition coefficient (Wildman–Crippen LogP) is 4.30. The van der Waals surface area contributed by atoms with Crippen LogP contribution in [0.4, 0.5) is 0 Å². The van der Waals surface area contributed by atoms with Gasteiger partial charge in [-0.05, 0) is 48.1 Å². The van der Waals surface area contributed by atoms with Crippen LogP contribution in [0.2, 0.25) is 5.02 Å². The highest BCUT2D eigenvalue weighted by atomic mass is 35.5. The maximum Gasteiger partial charge on any atom is 0.147 e. The van der Waals surface area contributed by atoms with E-state index in [0.29, 0.717) is 18.2 Å². The number of ether oxygens (including phenoxy) is 2. The number of fused-ring (bicyclic) bond motifs is 1. The van der Waals surface area contributed by atoms with E-state index in [1.54, 1.807) is 0 Å². The van der Waals surface area contributed by atoms with Crippen LogP contribution in [0.5, 0.6) is 0 Å². The molecule has 0 radical (unpaired) electrons. The van der Waals surface area contributed by atoms with Gasteiger partial charge in [-0.3, -0.25) is 0 Å². The predicted molar refractivity (Wildman–Crippen MR) is 94.2 cm³/mol. The van der Waals surface area contributed by atoms with Gasteiger partial charge >= 0.3 is 0 Å². The van der Waals surface area contributed by atoms with Crippen molar-refractivity contribution in [2.75, 3.05) is 13.4 Å². The van der Waals surface area contributed by atoms with Gasteiger partial charge in [-0.15, -0.1) is 0 Å². The van der Waals surface area contributed by atoms with E-state index in [9.17, 15) is 4.79 Å². The minimum atomic E-state index is -0.589. The molecule has 0 bridgehead atoms. The van der Waals surface area contributed by atoms with E-state index in [4.69, 9.17) is 21.1 Å². The lowest BCUT2D eigenvalue weighted by atomic mass is 9.71. The Kier molecular flexibility index (Phi) is 5.67. The van der Waals surface area contributed by atoms with Gasteiger partial charge in [-0.25, -0.2) is 0 Å². The first-order valence-electron chi connectivity index (χ1n) is 8.18. The van der Waals surface area contributed by atoms with Crippen molar-refractivity contribution in [1.82, 2.24) is 0 Å². The van der Waals surface area contributed by atoms with Gasteiger partial charge < -0.3 is 14.3 Å². The molecule has 0 saturated carbocycles. The van der Waals surface area contributed by atoms with E-state index in [-0.39, 0.29) is 6.79 Å². The van der Waals surface area contributed by atoms with E-state index in [2.05, 4.69) is 0 Å². The standard InChI is InChI=1S/C20H21ClO3/c21-18-8-9-19-17(11-18)7-4-10-20(19,13-22)14-24-15-23-12-16-5-2-1-3-6-16/h1-3,5-6,8-9,11,13H,4,7,10,12,14-15H2/t20-/m0/s1. The second kappa shape index (κ2) is 7.93. The first kappa shape index (κ1) is 17.2. The summed E-state index contributed by atoms with van der Waals surface area (Å²) >= 11 is 6.08. The number of aldehydes is 1. The quantitative estimate of drug-likeness (QED) is 0.426. The largest absolute Gasteiger partial charge is 0.354 e. The molecular weight excluding hydrogens is 324 g/mol. The normalized spacial score (nSPS) is 19.7. The Bertz CT molecular complexity index is 687.